The minimum atomic E-state index is -4.37. The first-order chi connectivity index (χ1) is 22.1. The maximum atomic E-state index is 14.5. The van der Waals surface area contributed by atoms with Gasteiger partial charge in [0, 0.05) is 31.6 Å². The molecule has 0 bridgehead atoms. The molecule has 1 unspecified atom stereocenters. The van der Waals surface area contributed by atoms with E-state index in [1.807, 2.05) is 68.4 Å². The van der Waals surface area contributed by atoms with Crippen molar-refractivity contribution in [1.29, 1.82) is 0 Å². The quantitative estimate of drug-likeness (QED) is 0.101. The highest BCUT2D eigenvalue weighted by Crippen LogP contribution is 2.28. The topological polar surface area (TPSA) is 130 Å². The molecule has 0 spiro atoms. The summed E-state index contributed by atoms with van der Waals surface area (Å²) >= 11 is 0. The fraction of sp³-hybridized carbons (Fsp3) is 0.257. The fourth-order valence-corrected chi connectivity index (χ4v) is 6.47. The van der Waals surface area contributed by atoms with E-state index in [4.69, 9.17) is 0 Å². The number of carbonyl (C=O) groups is 2. The van der Waals surface area contributed by atoms with Crippen molar-refractivity contribution >= 4 is 33.2 Å². The Hall–Kier alpha value is -5.03. The monoisotopic (exact) mass is 642 g/mol. The van der Waals surface area contributed by atoms with E-state index in [0.717, 1.165) is 39.9 Å². The largest absolute Gasteiger partial charge is 0.354 e. The molecule has 0 aliphatic rings. The summed E-state index contributed by atoms with van der Waals surface area (Å²) < 4.78 is 29.0. The number of nitrogens with one attached hydrogen (secondary N) is 1. The molecule has 10 nitrogen and oxygen atoms in total. The average Bonchev–Trinajstić information content (AvgIpc) is 3.06. The van der Waals surface area contributed by atoms with Gasteiger partial charge in [-0.25, -0.2) is 8.42 Å². The van der Waals surface area contributed by atoms with E-state index in [1.54, 1.807) is 18.2 Å². The number of anilines is 1. The van der Waals surface area contributed by atoms with E-state index >= 15 is 0 Å². The smallest absolute Gasteiger partial charge is 0.271 e. The van der Waals surface area contributed by atoms with Crippen molar-refractivity contribution in [3.05, 3.63) is 136 Å². The predicted molar refractivity (Wildman–Crippen MR) is 178 cm³/mol. The van der Waals surface area contributed by atoms with Crippen molar-refractivity contribution in [1.82, 2.24) is 10.2 Å². The van der Waals surface area contributed by atoms with E-state index in [2.05, 4.69) is 5.32 Å². The summed E-state index contributed by atoms with van der Waals surface area (Å²) in [6, 6.07) is 28.5. The molecular weight excluding hydrogens is 604 g/mol. The summed E-state index contributed by atoms with van der Waals surface area (Å²) in [5.74, 6) is -0.993. The Morgan fingerprint density at radius 1 is 0.891 bits per heavy atom. The number of aryl methyl sites for hydroxylation is 1. The lowest BCUT2D eigenvalue weighted by Gasteiger charge is -2.34. The van der Waals surface area contributed by atoms with Crippen molar-refractivity contribution < 1.29 is 22.9 Å². The van der Waals surface area contributed by atoms with Crippen LogP contribution in [0.4, 0.5) is 11.4 Å². The maximum absolute atomic E-state index is 14.5. The van der Waals surface area contributed by atoms with Gasteiger partial charge in [0.2, 0.25) is 11.8 Å². The first-order valence-electron chi connectivity index (χ1n) is 15.1. The van der Waals surface area contributed by atoms with Crippen LogP contribution in [-0.4, -0.2) is 49.2 Å². The van der Waals surface area contributed by atoms with Gasteiger partial charge in [-0.15, -0.1) is 0 Å². The second-order valence-corrected chi connectivity index (χ2v) is 12.8. The number of non-ortho nitro benzene ring substituents is 1. The van der Waals surface area contributed by atoms with Gasteiger partial charge in [0.25, 0.3) is 15.7 Å². The summed E-state index contributed by atoms with van der Waals surface area (Å²) in [6.45, 7) is 3.68. The molecule has 0 radical (unpaired) electrons. The van der Waals surface area contributed by atoms with Gasteiger partial charge < -0.3 is 10.2 Å². The molecular formula is C35H38N4O6S. The van der Waals surface area contributed by atoms with Gasteiger partial charge in [-0.3, -0.25) is 24.0 Å². The van der Waals surface area contributed by atoms with Crippen LogP contribution in [0.2, 0.25) is 0 Å². The van der Waals surface area contributed by atoms with Crippen LogP contribution >= 0.6 is 0 Å². The lowest BCUT2D eigenvalue weighted by atomic mass is 10.0. The summed E-state index contributed by atoms with van der Waals surface area (Å²) in [5.41, 5.74) is 2.15. The zero-order chi connectivity index (χ0) is 33.1. The average molecular weight is 643 g/mol. The Bertz CT molecular complexity index is 1750. The van der Waals surface area contributed by atoms with Crippen molar-refractivity contribution in [3.63, 3.8) is 0 Å². The zero-order valence-electron chi connectivity index (χ0n) is 25.9. The number of hydrogen-bond acceptors (Lipinski definition) is 6. The summed E-state index contributed by atoms with van der Waals surface area (Å²) in [6.07, 6.45) is 1.81. The van der Waals surface area contributed by atoms with Crippen molar-refractivity contribution in [2.75, 3.05) is 17.4 Å². The van der Waals surface area contributed by atoms with Crippen molar-refractivity contribution in [2.24, 2.45) is 0 Å². The molecule has 0 aromatic heterocycles. The van der Waals surface area contributed by atoms with Crippen molar-refractivity contribution in [3.8, 4) is 0 Å². The third-order valence-electron chi connectivity index (χ3n) is 7.64. The van der Waals surface area contributed by atoms with Crippen LogP contribution < -0.4 is 9.62 Å². The first kappa shape index (κ1) is 33.9. The molecule has 0 aliphatic carbocycles. The second kappa shape index (κ2) is 15.8. The lowest BCUT2D eigenvalue weighted by Crippen LogP contribution is -2.53. The Labute approximate surface area is 269 Å². The first-order valence-corrected chi connectivity index (χ1v) is 16.5. The Kier molecular flexibility index (Phi) is 11.6. The molecule has 1 atom stereocenters. The molecule has 11 heteroatoms. The zero-order valence-corrected chi connectivity index (χ0v) is 26.7. The van der Waals surface area contributed by atoms with Gasteiger partial charge in [-0.1, -0.05) is 92.2 Å². The van der Waals surface area contributed by atoms with Gasteiger partial charge in [0.15, 0.2) is 0 Å². The number of nitrogens with zero attached hydrogens (tertiary/aromatic N) is 3. The molecule has 0 saturated carbocycles. The van der Waals surface area contributed by atoms with Crippen molar-refractivity contribution in [2.45, 2.75) is 50.6 Å². The van der Waals surface area contributed by atoms with Crippen LogP contribution in [0.1, 0.15) is 36.5 Å². The minimum Gasteiger partial charge on any atom is -0.354 e. The van der Waals surface area contributed by atoms with Gasteiger partial charge in [0.05, 0.1) is 15.5 Å². The molecule has 240 valence electrons. The highest BCUT2D eigenvalue weighted by Gasteiger charge is 2.35. The molecule has 0 fully saturated rings. The molecule has 0 heterocycles. The van der Waals surface area contributed by atoms with E-state index in [9.17, 15) is 28.1 Å². The number of amides is 2. The number of sulfonamides is 1. The third kappa shape index (κ3) is 8.57. The van der Waals surface area contributed by atoms with E-state index in [-0.39, 0.29) is 35.1 Å². The van der Waals surface area contributed by atoms with E-state index < -0.39 is 33.4 Å². The SMILES string of the molecule is CCCCNC(=O)C(Cc1ccccc1)N(Cc1ccccc1C)C(=O)CN(c1cccc([N+](=O)[O-])c1)S(=O)(=O)c1ccccc1. The normalized spacial score (nSPS) is 11.8. The number of benzene rings is 4. The summed E-state index contributed by atoms with van der Waals surface area (Å²) in [5, 5.41) is 14.6. The third-order valence-corrected chi connectivity index (χ3v) is 9.43. The minimum absolute atomic E-state index is 0.0400. The Morgan fingerprint density at radius 3 is 2.20 bits per heavy atom. The Morgan fingerprint density at radius 2 is 1.54 bits per heavy atom. The predicted octanol–water partition coefficient (Wildman–Crippen LogP) is 5.65. The van der Waals surface area contributed by atoms with Gasteiger partial charge in [-0.2, -0.15) is 0 Å². The number of rotatable bonds is 15. The molecule has 0 saturated heterocycles. The van der Waals surface area contributed by atoms with Crippen LogP contribution in [0, 0.1) is 17.0 Å². The number of nitro benzene ring substituents is 1. The van der Waals surface area contributed by atoms with Crippen LogP contribution in [0.3, 0.4) is 0 Å². The molecule has 4 aromatic rings. The van der Waals surface area contributed by atoms with E-state index in [1.165, 1.54) is 35.2 Å². The standard InChI is InChI=1S/C35H38N4O6S/c1-3-4-22-36-35(41)33(23-28-15-7-5-8-16-28)37(25-29-17-12-11-14-27(29)2)34(40)26-38(30-18-13-19-31(24-30)39(42)43)46(44,45)32-20-9-6-10-21-32/h5-21,24,33H,3-4,22-23,25-26H2,1-2H3,(H,36,41). The van der Waals surface area contributed by atoms with Gasteiger partial charge in [0.1, 0.15) is 12.6 Å². The molecule has 46 heavy (non-hydrogen) atoms. The van der Waals surface area contributed by atoms with E-state index in [0.29, 0.717) is 6.54 Å². The molecule has 1 N–H and O–H groups in total. The number of carbonyl (C=O) groups excluding carboxylic acids is 2. The second-order valence-electron chi connectivity index (χ2n) is 10.9. The molecule has 4 rings (SSSR count). The maximum Gasteiger partial charge on any atom is 0.271 e. The highest BCUT2D eigenvalue weighted by atomic mass is 32.2. The summed E-state index contributed by atoms with van der Waals surface area (Å²) in [7, 11) is -4.37. The fourth-order valence-electron chi connectivity index (χ4n) is 5.04. The molecule has 0 aliphatic heterocycles. The van der Waals surface area contributed by atoms with Crippen LogP contribution in [0.15, 0.2) is 114 Å². The van der Waals surface area contributed by atoms with Crippen LogP contribution in [0.25, 0.3) is 0 Å². The highest BCUT2D eigenvalue weighted by molar-refractivity contribution is 7.92. The lowest BCUT2D eigenvalue weighted by molar-refractivity contribution is -0.384. The number of unbranched alkanes of at least 4 members (excludes halogenated alkanes) is 1. The number of hydrogen-bond donors (Lipinski definition) is 1. The van der Waals surface area contributed by atoms with Crippen LogP contribution in [-0.2, 0) is 32.6 Å². The van der Waals surface area contributed by atoms with Gasteiger partial charge in [-0.05, 0) is 48.2 Å². The molecule has 4 aromatic carbocycles. The Balaban J connectivity index is 1.82. The summed E-state index contributed by atoms with van der Waals surface area (Å²) in [4.78, 5) is 40.7. The number of nitro groups is 1. The van der Waals surface area contributed by atoms with Crippen LogP contribution in [0.5, 0.6) is 0 Å². The molecule has 2 amide bonds. The van der Waals surface area contributed by atoms with Gasteiger partial charge >= 0.3 is 0 Å².